The minimum absolute atomic E-state index is 0.215. The van der Waals surface area contributed by atoms with E-state index in [0.29, 0.717) is 11.4 Å². The zero-order valence-corrected chi connectivity index (χ0v) is 11.8. The number of carbonyl (C=O) groups excluding carboxylic acids is 1. The molecule has 1 aromatic rings. The van der Waals surface area contributed by atoms with E-state index in [4.69, 9.17) is 9.84 Å². The topological polar surface area (TPSA) is 71.5 Å². The van der Waals surface area contributed by atoms with Crippen LogP contribution in [0, 0.1) is 0 Å². The Bertz CT molecular complexity index is 442. The van der Waals surface area contributed by atoms with Gasteiger partial charge in [0.25, 0.3) is 5.91 Å². The third-order valence-corrected chi connectivity index (χ3v) is 3.39. The molecule has 1 atom stereocenters. The minimum atomic E-state index is -0.557. The molecule has 20 heavy (non-hydrogen) atoms. The van der Waals surface area contributed by atoms with Crippen LogP contribution in [0.3, 0.4) is 0 Å². The lowest BCUT2D eigenvalue weighted by atomic mass is 9.98. The van der Waals surface area contributed by atoms with Crippen LogP contribution in [0.1, 0.15) is 49.4 Å². The van der Waals surface area contributed by atoms with Crippen LogP contribution < -0.4 is 10.1 Å². The molecular weight excluding hydrogens is 256 g/mol. The van der Waals surface area contributed by atoms with Crippen molar-refractivity contribution in [3.8, 4) is 5.88 Å². The lowest BCUT2D eigenvalue weighted by molar-refractivity contribution is 0.0922. The molecule has 0 aromatic carbocycles. The van der Waals surface area contributed by atoms with Gasteiger partial charge in [0.1, 0.15) is 6.10 Å². The summed E-state index contributed by atoms with van der Waals surface area (Å²) in [6.45, 7) is 1.87. The number of aliphatic hydroxyl groups is 1. The quantitative estimate of drug-likeness (QED) is 0.863. The van der Waals surface area contributed by atoms with Crippen molar-refractivity contribution >= 4 is 5.91 Å². The van der Waals surface area contributed by atoms with Gasteiger partial charge in [-0.25, -0.2) is 4.98 Å². The zero-order valence-electron chi connectivity index (χ0n) is 11.8. The highest BCUT2D eigenvalue weighted by molar-refractivity contribution is 5.94. The van der Waals surface area contributed by atoms with Crippen LogP contribution in [0.4, 0.5) is 0 Å². The molecule has 1 fully saturated rings. The van der Waals surface area contributed by atoms with Crippen LogP contribution in [0.25, 0.3) is 0 Å². The smallest absolute Gasteiger partial charge is 0.251 e. The fourth-order valence-corrected chi connectivity index (χ4v) is 2.31. The first-order valence-electron chi connectivity index (χ1n) is 7.24. The normalized spacial score (nSPS) is 17.5. The van der Waals surface area contributed by atoms with Crippen LogP contribution in [-0.2, 0) is 0 Å². The molecule has 0 spiro atoms. The molecule has 1 unspecified atom stereocenters. The van der Waals surface area contributed by atoms with Gasteiger partial charge < -0.3 is 15.2 Å². The fraction of sp³-hybridized carbons (Fsp3) is 0.600. The van der Waals surface area contributed by atoms with E-state index in [2.05, 4.69) is 10.3 Å². The zero-order chi connectivity index (χ0) is 14.4. The number of nitrogens with one attached hydrogen (secondary N) is 1. The van der Waals surface area contributed by atoms with Gasteiger partial charge in [-0.3, -0.25) is 4.79 Å². The molecule has 0 saturated heterocycles. The van der Waals surface area contributed by atoms with Crippen molar-refractivity contribution in [1.29, 1.82) is 0 Å². The standard InChI is InChI=1S/C15H22N2O3/c1-11(18)10-17-15(19)12-7-8-16-14(9-12)20-13-5-3-2-4-6-13/h7-9,11,13,18H,2-6,10H2,1H3,(H,17,19). The molecule has 1 aliphatic carbocycles. The molecule has 0 aliphatic heterocycles. The second-order valence-corrected chi connectivity index (χ2v) is 5.32. The predicted octanol–water partition coefficient (Wildman–Crippen LogP) is 1.90. The lowest BCUT2D eigenvalue weighted by Crippen LogP contribution is -2.30. The highest BCUT2D eigenvalue weighted by atomic mass is 16.5. The number of pyridine rings is 1. The number of nitrogens with zero attached hydrogens (tertiary/aromatic N) is 1. The van der Waals surface area contributed by atoms with E-state index in [1.165, 1.54) is 19.3 Å². The van der Waals surface area contributed by atoms with Crippen molar-refractivity contribution in [2.24, 2.45) is 0 Å². The van der Waals surface area contributed by atoms with Crippen LogP contribution in [0.15, 0.2) is 18.3 Å². The van der Waals surface area contributed by atoms with Gasteiger partial charge in [-0.05, 0) is 38.7 Å². The summed E-state index contributed by atoms with van der Waals surface area (Å²) >= 11 is 0. The van der Waals surface area contributed by atoms with Crippen LogP contribution in [-0.4, -0.2) is 34.8 Å². The Balaban J connectivity index is 1.94. The molecule has 2 rings (SSSR count). The summed E-state index contributed by atoms with van der Waals surface area (Å²) < 4.78 is 5.83. The van der Waals surface area contributed by atoms with E-state index in [1.807, 2.05) is 0 Å². The summed E-state index contributed by atoms with van der Waals surface area (Å²) in [4.78, 5) is 16.0. The monoisotopic (exact) mass is 278 g/mol. The largest absolute Gasteiger partial charge is 0.474 e. The Hall–Kier alpha value is -1.62. The maximum atomic E-state index is 11.9. The van der Waals surface area contributed by atoms with Crippen molar-refractivity contribution in [2.75, 3.05) is 6.54 Å². The third-order valence-electron chi connectivity index (χ3n) is 3.39. The summed E-state index contributed by atoms with van der Waals surface area (Å²) in [5.41, 5.74) is 0.506. The molecule has 0 bridgehead atoms. The SMILES string of the molecule is CC(O)CNC(=O)c1ccnc(OC2CCCCC2)c1. The molecule has 1 amide bonds. The molecular formula is C15H22N2O3. The van der Waals surface area contributed by atoms with Crippen molar-refractivity contribution in [3.05, 3.63) is 23.9 Å². The van der Waals surface area contributed by atoms with Crippen molar-refractivity contribution in [1.82, 2.24) is 10.3 Å². The Morgan fingerprint density at radius 1 is 1.50 bits per heavy atom. The number of amides is 1. The predicted molar refractivity (Wildman–Crippen MR) is 75.8 cm³/mol. The second kappa shape index (κ2) is 7.24. The van der Waals surface area contributed by atoms with Gasteiger partial charge >= 0.3 is 0 Å². The highest BCUT2D eigenvalue weighted by Gasteiger charge is 2.16. The highest BCUT2D eigenvalue weighted by Crippen LogP contribution is 2.22. The summed E-state index contributed by atoms with van der Waals surface area (Å²) in [5.74, 6) is 0.281. The van der Waals surface area contributed by atoms with E-state index in [1.54, 1.807) is 25.3 Å². The first-order valence-corrected chi connectivity index (χ1v) is 7.24. The molecule has 5 heteroatoms. The van der Waals surface area contributed by atoms with Gasteiger partial charge in [-0.2, -0.15) is 0 Å². The summed E-state index contributed by atoms with van der Waals surface area (Å²) in [6.07, 6.45) is 7.01. The van der Waals surface area contributed by atoms with Crippen LogP contribution >= 0.6 is 0 Å². The Labute approximate surface area is 119 Å². The Kier molecular flexibility index (Phi) is 5.35. The average molecular weight is 278 g/mol. The van der Waals surface area contributed by atoms with Gasteiger partial charge in [-0.15, -0.1) is 0 Å². The van der Waals surface area contributed by atoms with Gasteiger partial charge in [0.05, 0.1) is 6.10 Å². The van der Waals surface area contributed by atoms with Gasteiger partial charge in [0.15, 0.2) is 0 Å². The number of hydrogen-bond donors (Lipinski definition) is 2. The number of hydrogen-bond acceptors (Lipinski definition) is 4. The number of ether oxygens (including phenoxy) is 1. The summed E-state index contributed by atoms with van der Waals surface area (Å²) in [7, 11) is 0. The second-order valence-electron chi connectivity index (χ2n) is 5.32. The third kappa shape index (κ3) is 4.49. The molecule has 2 N–H and O–H groups in total. The lowest BCUT2D eigenvalue weighted by Gasteiger charge is -2.22. The van der Waals surface area contributed by atoms with Gasteiger partial charge in [-0.1, -0.05) is 6.42 Å². The number of rotatable bonds is 5. The van der Waals surface area contributed by atoms with E-state index in [-0.39, 0.29) is 18.6 Å². The van der Waals surface area contributed by atoms with Crippen LogP contribution in [0.2, 0.25) is 0 Å². The summed E-state index contributed by atoms with van der Waals surface area (Å²) in [5, 5.41) is 11.8. The molecule has 1 aromatic heterocycles. The van der Waals surface area contributed by atoms with Crippen molar-refractivity contribution in [2.45, 2.75) is 51.2 Å². The first kappa shape index (κ1) is 14.8. The van der Waals surface area contributed by atoms with E-state index >= 15 is 0 Å². The molecule has 0 radical (unpaired) electrons. The molecule has 1 aliphatic rings. The van der Waals surface area contributed by atoms with E-state index in [0.717, 1.165) is 12.8 Å². The Morgan fingerprint density at radius 3 is 2.95 bits per heavy atom. The number of aliphatic hydroxyl groups excluding tert-OH is 1. The minimum Gasteiger partial charge on any atom is -0.474 e. The molecule has 110 valence electrons. The fourth-order valence-electron chi connectivity index (χ4n) is 2.31. The van der Waals surface area contributed by atoms with Gasteiger partial charge in [0.2, 0.25) is 5.88 Å². The molecule has 5 nitrogen and oxygen atoms in total. The van der Waals surface area contributed by atoms with Crippen molar-refractivity contribution in [3.63, 3.8) is 0 Å². The Morgan fingerprint density at radius 2 is 2.25 bits per heavy atom. The van der Waals surface area contributed by atoms with Gasteiger partial charge in [0, 0.05) is 24.4 Å². The average Bonchev–Trinajstić information content (AvgIpc) is 2.46. The molecule has 1 heterocycles. The van der Waals surface area contributed by atoms with Crippen molar-refractivity contribution < 1.29 is 14.6 Å². The number of carbonyl (C=O) groups is 1. The summed E-state index contributed by atoms with van der Waals surface area (Å²) in [6, 6.07) is 3.30. The molecule has 1 saturated carbocycles. The van der Waals surface area contributed by atoms with Crippen LogP contribution in [0.5, 0.6) is 5.88 Å². The first-order chi connectivity index (χ1) is 9.65. The number of aromatic nitrogens is 1. The maximum absolute atomic E-state index is 11.9. The maximum Gasteiger partial charge on any atom is 0.251 e. The van der Waals surface area contributed by atoms with E-state index in [9.17, 15) is 4.79 Å². The van der Waals surface area contributed by atoms with E-state index < -0.39 is 6.10 Å².